The molecule has 0 rings (SSSR count). The number of nitrogens with two attached hydrogens (primary N) is 1. The number of halogens is 5. The highest BCUT2D eigenvalue weighted by molar-refractivity contribution is 5.84. The lowest BCUT2D eigenvalue weighted by atomic mass is 10.1. The van der Waals surface area contributed by atoms with Gasteiger partial charge in [0.2, 0.25) is 0 Å². The Bertz CT molecular complexity index is 248. The number of rotatable bonds is 3. The van der Waals surface area contributed by atoms with Crippen LogP contribution >= 0.6 is 0 Å². The minimum absolute atomic E-state index is 0.257. The number of alkyl halides is 5. The predicted octanol–water partition coefficient (Wildman–Crippen LogP) is 1.04. The Labute approximate surface area is 82.8 Å². The lowest BCUT2D eigenvalue weighted by molar-refractivity contribution is -0.270. The number of carbonyl (C=O) groups excluding carboxylic acids is 1. The van der Waals surface area contributed by atoms with E-state index < -0.39 is 23.5 Å². The van der Waals surface area contributed by atoms with Crippen LogP contribution in [0.1, 0.15) is 13.8 Å². The van der Waals surface area contributed by atoms with Crippen LogP contribution in [-0.2, 0) is 4.79 Å². The number of amides is 1. The highest BCUT2D eigenvalue weighted by Crippen LogP contribution is 2.35. The number of carbonyl (C=O) groups is 1. The van der Waals surface area contributed by atoms with Gasteiger partial charge in [0.05, 0.1) is 0 Å². The molecule has 8 heteroatoms. The second kappa shape index (κ2) is 3.92. The molecule has 90 valence electrons. The maximum Gasteiger partial charge on any atom is 0.463 e. The Morgan fingerprint density at radius 2 is 1.60 bits per heavy atom. The second-order valence-corrected chi connectivity index (χ2v) is 3.61. The summed E-state index contributed by atoms with van der Waals surface area (Å²) in [4.78, 5) is 10.6. The molecular formula is C7H11F5N2O. The zero-order valence-electron chi connectivity index (χ0n) is 8.08. The monoisotopic (exact) mass is 234 g/mol. The maximum absolute atomic E-state index is 12.4. The Kier molecular flexibility index (Phi) is 3.67. The van der Waals surface area contributed by atoms with Crippen LogP contribution in [0.4, 0.5) is 22.0 Å². The molecule has 0 aromatic rings. The molecule has 0 saturated heterocycles. The van der Waals surface area contributed by atoms with Gasteiger partial charge in [-0.2, -0.15) is 22.0 Å². The molecule has 0 aliphatic rings. The van der Waals surface area contributed by atoms with Crippen molar-refractivity contribution in [2.24, 2.45) is 5.73 Å². The van der Waals surface area contributed by atoms with E-state index in [1.165, 1.54) is 19.2 Å². The predicted molar refractivity (Wildman–Crippen MR) is 42.3 cm³/mol. The lowest BCUT2D eigenvalue weighted by Gasteiger charge is -2.27. The van der Waals surface area contributed by atoms with E-state index in [-0.39, 0.29) is 6.54 Å². The van der Waals surface area contributed by atoms with Crippen LogP contribution < -0.4 is 11.1 Å². The van der Waals surface area contributed by atoms with Crippen molar-refractivity contribution < 1.29 is 26.7 Å². The van der Waals surface area contributed by atoms with E-state index in [0.717, 1.165) is 0 Å². The first-order valence-electron chi connectivity index (χ1n) is 3.91. The van der Waals surface area contributed by atoms with Crippen LogP contribution in [0.15, 0.2) is 0 Å². The molecule has 0 atom stereocenters. The summed E-state index contributed by atoms with van der Waals surface area (Å²) in [5.41, 5.74) is 3.75. The molecule has 0 aromatic heterocycles. The number of nitrogens with one attached hydrogen (secondary N) is 1. The van der Waals surface area contributed by atoms with E-state index in [2.05, 4.69) is 0 Å². The normalized spacial score (nSPS) is 13.9. The average molecular weight is 234 g/mol. The molecule has 15 heavy (non-hydrogen) atoms. The molecule has 0 bridgehead atoms. The van der Waals surface area contributed by atoms with Crippen LogP contribution in [0.5, 0.6) is 0 Å². The van der Waals surface area contributed by atoms with E-state index in [1.54, 1.807) is 0 Å². The summed E-state index contributed by atoms with van der Waals surface area (Å²) in [6.07, 6.45) is -5.90. The quantitative estimate of drug-likeness (QED) is 0.717. The summed E-state index contributed by atoms with van der Waals surface area (Å²) in [5, 5.41) is 1.52. The van der Waals surface area contributed by atoms with Gasteiger partial charge in [0.25, 0.3) is 0 Å². The summed E-state index contributed by atoms with van der Waals surface area (Å²) in [5.74, 6) is -7.80. The topological polar surface area (TPSA) is 55.1 Å². The first-order valence-corrected chi connectivity index (χ1v) is 3.91. The minimum atomic E-state index is -5.90. The largest absolute Gasteiger partial charge is 0.463 e. The highest BCUT2D eigenvalue weighted by atomic mass is 19.4. The molecular weight excluding hydrogens is 223 g/mol. The Morgan fingerprint density at radius 1 is 1.20 bits per heavy atom. The summed E-state index contributed by atoms with van der Waals surface area (Å²) >= 11 is 0. The fourth-order valence-electron chi connectivity index (χ4n) is 0.566. The van der Waals surface area contributed by atoms with Gasteiger partial charge < -0.3 is 11.1 Å². The zero-order chi connectivity index (χ0) is 12.5. The van der Waals surface area contributed by atoms with Gasteiger partial charge in [-0.1, -0.05) is 0 Å². The Hall–Kier alpha value is -0.920. The third-order valence-corrected chi connectivity index (χ3v) is 1.60. The Morgan fingerprint density at radius 3 is 1.87 bits per heavy atom. The minimum Gasteiger partial charge on any atom is -0.344 e. The third kappa shape index (κ3) is 3.29. The van der Waals surface area contributed by atoms with Gasteiger partial charge in [-0.25, -0.2) is 0 Å². The van der Waals surface area contributed by atoms with Crippen molar-refractivity contribution in [2.75, 3.05) is 6.54 Å². The van der Waals surface area contributed by atoms with E-state index in [4.69, 9.17) is 5.73 Å². The van der Waals surface area contributed by atoms with E-state index in [0.29, 0.717) is 0 Å². The molecule has 0 aliphatic heterocycles. The van der Waals surface area contributed by atoms with E-state index in [1.807, 2.05) is 0 Å². The number of hydrogen-bond acceptors (Lipinski definition) is 2. The van der Waals surface area contributed by atoms with Gasteiger partial charge in [0.15, 0.2) is 0 Å². The fraction of sp³-hybridized carbons (Fsp3) is 0.857. The summed E-state index contributed by atoms with van der Waals surface area (Å²) in [7, 11) is 0. The fourth-order valence-corrected chi connectivity index (χ4v) is 0.566. The van der Waals surface area contributed by atoms with Gasteiger partial charge in [0.1, 0.15) is 0 Å². The number of hydrogen-bond donors (Lipinski definition) is 2. The molecule has 0 fully saturated rings. The van der Waals surface area contributed by atoms with Gasteiger partial charge in [0, 0.05) is 12.1 Å². The molecule has 0 aliphatic carbocycles. The smallest absolute Gasteiger partial charge is 0.344 e. The van der Waals surface area contributed by atoms with Gasteiger partial charge in [-0.05, 0) is 13.8 Å². The van der Waals surface area contributed by atoms with Gasteiger partial charge >= 0.3 is 18.0 Å². The molecule has 0 spiro atoms. The molecule has 3 nitrogen and oxygen atoms in total. The SMILES string of the molecule is CC(C)(CN)NC(=O)C(F)(F)C(F)(F)F. The van der Waals surface area contributed by atoms with Crippen molar-refractivity contribution in [1.82, 2.24) is 5.32 Å². The first kappa shape index (κ1) is 14.1. The maximum atomic E-state index is 12.4. The van der Waals surface area contributed by atoms with E-state index in [9.17, 15) is 26.7 Å². The summed E-state index contributed by atoms with van der Waals surface area (Å²) < 4.78 is 60.0. The third-order valence-electron chi connectivity index (χ3n) is 1.60. The molecule has 0 radical (unpaired) electrons. The van der Waals surface area contributed by atoms with Gasteiger partial charge in [-0.15, -0.1) is 0 Å². The van der Waals surface area contributed by atoms with Crippen LogP contribution in [0.25, 0.3) is 0 Å². The van der Waals surface area contributed by atoms with Crippen molar-refractivity contribution >= 4 is 5.91 Å². The summed E-state index contributed by atoms with van der Waals surface area (Å²) in [6.45, 7) is 2.21. The molecule has 3 N–H and O–H groups in total. The second-order valence-electron chi connectivity index (χ2n) is 3.61. The van der Waals surface area contributed by atoms with Crippen LogP contribution in [0, 0.1) is 0 Å². The zero-order valence-corrected chi connectivity index (χ0v) is 8.08. The molecule has 0 unspecified atom stereocenters. The van der Waals surface area contributed by atoms with Crippen molar-refractivity contribution in [3.05, 3.63) is 0 Å². The average Bonchev–Trinajstić information content (AvgIpc) is 2.01. The van der Waals surface area contributed by atoms with Crippen LogP contribution in [0.3, 0.4) is 0 Å². The Balaban J connectivity index is 4.74. The summed E-state index contributed by atoms with van der Waals surface area (Å²) in [6, 6.07) is 0. The van der Waals surface area contributed by atoms with Gasteiger partial charge in [-0.3, -0.25) is 4.79 Å². The standard InChI is InChI=1S/C7H11F5N2O/c1-5(2,3-13)14-4(15)6(8,9)7(10,11)12/h3,13H2,1-2H3,(H,14,15). The molecule has 0 aromatic carbocycles. The lowest BCUT2D eigenvalue weighted by Crippen LogP contribution is -2.58. The van der Waals surface area contributed by atoms with Crippen molar-refractivity contribution in [2.45, 2.75) is 31.5 Å². The van der Waals surface area contributed by atoms with E-state index >= 15 is 0 Å². The van der Waals surface area contributed by atoms with Crippen molar-refractivity contribution in [3.8, 4) is 0 Å². The molecule has 0 heterocycles. The van der Waals surface area contributed by atoms with Crippen molar-refractivity contribution in [1.29, 1.82) is 0 Å². The highest BCUT2D eigenvalue weighted by Gasteiger charge is 2.63. The molecule has 1 amide bonds. The van der Waals surface area contributed by atoms with Crippen LogP contribution in [0.2, 0.25) is 0 Å². The molecule has 0 saturated carbocycles. The van der Waals surface area contributed by atoms with Crippen LogP contribution in [-0.4, -0.2) is 30.1 Å². The van der Waals surface area contributed by atoms with Crippen molar-refractivity contribution in [3.63, 3.8) is 0 Å². The first-order chi connectivity index (χ1) is 6.44.